The number of thiophene rings is 1. The van der Waals surface area contributed by atoms with E-state index >= 15 is 0 Å². The van der Waals surface area contributed by atoms with E-state index in [1.54, 1.807) is 25.1 Å². The minimum Gasteiger partial charge on any atom is -0.326 e. The number of nitrogens with one attached hydrogen (secondary N) is 2. The van der Waals surface area contributed by atoms with Crippen LogP contribution in [-0.4, -0.2) is 14.3 Å². The SMILES string of the molecule is Cc1ccc(NS(=O)(=O)c2cc(NC(=O)Cc3cccs3)ccc2C)c(C)c1. The van der Waals surface area contributed by atoms with E-state index in [1.807, 2.05) is 43.5 Å². The van der Waals surface area contributed by atoms with Crippen molar-refractivity contribution in [2.45, 2.75) is 32.1 Å². The second-order valence-corrected chi connectivity index (χ2v) is 9.39. The van der Waals surface area contributed by atoms with Gasteiger partial charge in [0.1, 0.15) is 0 Å². The summed E-state index contributed by atoms with van der Waals surface area (Å²) in [5.41, 5.74) is 3.51. The highest BCUT2D eigenvalue weighted by atomic mass is 32.2. The average molecular weight is 415 g/mol. The molecule has 146 valence electrons. The zero-order chi connectivity index (χ0) is 20.3. The smallest absolute Gasteiger partial charge is 0.262 e. The van der Waals surface area contributed by atoms with Crippen molar-refractivity contribution < 1.29 is 13.2 Å². The minimum atomic E-state index is -3.79. The quantitative estimate of drug-likeness (QED) is 0.616. The van der Waals surface area contributed by atoms with Crippen LogP contribution in [0, 0.1) is 20.8 Å². The second-order valence-electron chi connectivity index (χ2n) is 6.71. The number of sulfonamides is 1. The summed E-state index contributed by atoms with van der Waals surface area (Å²) < 4.78 is 28.5. The van der Waals surface area contributed by atoms with E-state index in [-0.39, 0.29) is 17.2 Å². The van der Waals surface area contributed by atoms with Crippen molar-refractivity contribution in [1.29, 1.82) is 0 Å². The van der Waals surface area contributed by atoms with Crippen LogP contribution in [0.1, 0.15) is 21.6 Å². The number of amides is 1. The number of hydrogen-bond acceptors (Lipinski definition) is 4. The van der Waals surface area contributed by atoms with Crippen LogP contribution >= 0.6 is 11.3 Å². The molecule has 5 nitrogen and oxygen atoms in total. The topological polar surface area (TPSA) is 75.3 Å². The Morgan fingerprint density at radius 1 is 1.00 bits per heavy atom. The van der Waals surface area contributed by atoms with E-state index in [0.29, 0.717) is 16.9 Å². The van der Waals surface area contributed by atoms with Crippen molar-refractivity contribution in [2.24, 2.45) is 0 Å². The fourth-order valence-corrected chi connectivity index (χ4v) is 4.98. The lowest BCUT2D eigenvalue weighted by Gasteiger charge is -2.14. The van der Waals surface area contributed by atoms with Gasteiger partial charge in [-0.1, -0.05) is 29.8 Å². The van der Waals surface area contributed by atoms with Crippen LogP contribution in [0.25, 0.3) is 0 Å². The van der Waals surface area contributed by atoms with Crippen molar-refractivity contribution in [2.75, 3.05) is 10.0 Å². The maximum Gasteiger partial charge on any atom is 0.262 e. The van der Waals surface area contributed by atoms with Gasteiger partial charge in [-0.2, -0.15) is 0 Å². The molecular weight excluding hydrogens is 392 g/mol. The normalized spacial score (nSPS) is 11.2. The van der Waals surface area contributed by atoms with Gasteiger partial charge in [0.2, 0.25) is 5.91 Å². The van der Waals surface area contributed by atoms with Crippen LogP contribution in [0.4, 0.5) is 11.4 Å². The van der Waals surface area contributed by atoms with E-state index in [4.69, 9.17) is 0 Å². The fraction of sp³-hybridized carbons (Fsp3) is 0.190. The summed E-state index contributed by atoms with van der Waals surface area (Å²) in [5.74, 6) is -0.183. The van der Waals surface area contributed by atoms with Crippen molar-refractivity contribution in [3.63, 3.8) is 0 Å². The fourth-order valence-electron chi connectivity index (χ4n) is 2.87. The molecule has 2 aromatic carbocycles. The van der Waals surface area contributed by atoms with Crippen LogP contribution in [0.15, 0.2) is 58.8 Å². The maximum atomic E-state index is 12.9. The molecule has 1 amide bonds. The molecule has 0 aliphatic carbocycles. The molecule has 0 aliphatic heterocycles. The van der Waals surface area contributed by atoms with Crippen LogP contribution in [-0.2, 0) is 21.2 Å². The first kappa shape index (κ1) is 20.1. The third-order valence-electron chi connectivity index (χ3n) is 4.30. The van der Waals surface area contributed by atoms with Crippen LogP contribution < -0.4 is 10.0 Å². The first-order valence-electron chi connectivity index (χ1n) is 8.77. The zero-order valence-electron chi connectivity index (χ0n) is 15.9. The van der Waals surface area contributed by atoms with Crippen molar-refractivity contribution in [3.05, 3.63) is 75.5 Å². The summed E-state index contributed by atoms with van der Waals surface area (Å²) in [4.78, 5) is 13.3. The molecule has 0 bridgehead atoms. The highest BCUT2D eigenvalue weighted by Crippen LogP contribution is 2.25. The number of benzene rings is 2. The predicted octanol–water partition coefficient (Wildman–Crippen LogP) is 4.66. The molecule has 0 aliphatic rings. The minimum absolute atomic E-state index is 0.140. The number of hydrogen-bond donors (Lipinski definition) is 2. The summed E-state index contributed by atoms with van der Waals surface area (Å²) >= 11 is 1.51. The molecule has 0 atom stereocenters. The van der Waals surface area contributed by atoms with Gasteiger partial charge >= 0.3 is 0 Å². The van der Waals surface area contributed by atoms with Crippen LogP contribution in [0.3, 0.4) is 0 Å². The molecule has 1 aromatic heterocycles. The molecule has 0 saturated carbocycles. The van der Waals surface area contributed by atoms with Gasteiger partial charge in [0.25, 0.3) is 10.0 Å². The van der Waals surface area contributed by atoms with Gasteiger partial charge in [-0.25, -0.2) is 8.42 Å². The van der Waals surface area contributed by atoms with Crippen molar-refractivity contribution in [3.8, 4) is 0 Å². The Kier molecular flexibility index (Phi) is 5.86. The Morgan fingerprint density at radius 3 is 2.46 bits per heavy atom. The molecule has 7 heteroatoms. The third kappa shape index (κ3) is 4.79. The van der Waals surface area contributed by atoms with Crippen molar-refractivity contribution >= 4 is 38.6 Å². The summed E-state index contributed by atoms with van der Waals surface area (Å²) in [5, 5.41) is 4.69. The molecular formula is C21H22N2O3S2. The molecule has 2 N–H and O–H groups in total. The average Bonchev–Trinajstić information content (AvgIpc) is 3.12. The van der Waals surface area contributed by atoms with Gasteiger partial charge in [-0.15, -0.1) is 11.3 Å². The Bertz CT molecular complexity index is 1100. The van der Waals surface area contributed by atoms with E-state index < -0.39 is 10.0 Å². The van der Waals surface area contributed by atoms with Crippen molar-refractivity contribution in [1.82, 2.24) is 0 Å². The zero-order valence-corrected chi connectivity index (χ0v) is 17.6. The highest BCUT2D eigenvalue weighted by Gasteiger charge is 2.19. The first-order chi connectivity index (χ1) is 13.2. The lowest BCUT2D eigenvalue weighted by atomic mass is 10.1. The predicted molar refractivity (Wildman–Crippen MR) is 115 cm³/mol. The highest BCUT2D eigenvalue weighted by molar-refractivity contribution is 7.92. The number of rotatable bonds is 6. The molecule has 1 heterocycles. The lowest BCUT2D eigenvalue weighted by Crippen LogP contribution is -2.17. The number of anilines is 2. The van der Waals surface area contributed by atoms with Crippen LogP contribution in [0.5, 0.6) is 0 Å². The summed E-state index contributed by atoms with van der Waals surface area (Å²) in [6.07, 6.45) is 0.258. The van der Waals surface area contributed by atoms with E-state index in [1.165, 1.54) is 17.4 Å². The van der Waals surface area contributed by atoms with E-state index in [0.717, 1.165) is 16.0 Å². The van der Waals surface area contributed by atoms with Gasteiger partial charge in [-0.05, 0) is 61.5 Å². The summed E-state index contributed by atoms with van der Waals surface area (Å²) in [7, 11) is -3.79. The largest absolute Gasteiger partial charge is 0.326 e. The Labute approximate surface area is 169 Å². The lowest BCUT2D eigenvalue weighted by molar-refractivity contribution is -0.115. The summed E-state index contributed by atoms with van der Waals surface area (Å²) in [6, 6.07) is 14.2. The van der Waals surface area contributed by atoms with E-state index in [2.05, 4.69) is 10.0 Å². The summed E-state index contributed by atoms with van der Waals surface area (Å²) in [6.45, 7) is 5.55. The van der Waals surface area contributed by atoms with E-state index in [9.17, 15) is 13.2 Å². The Hall–Kier alpha value is -2.64. The molecule has 3 rings (SSSR count). The van der Waals surface area contributed by atoms with Crippen LogP contribution in [0.2, 0.25) is 0 Å². The third-order valence-corrected chi connectivity index (χ3v) is 6.69. The molecule has 0 unspecified atom stereocenters. The molecule has 0 spiro atoms. The van der Waals surface area contributed by atoms with Gasteiger partial charge in [0.05, 0.1) is 17.0 Å². The van der Waals surface area contributed by atoms with Gasteiger partial charge in [0, 0.05) is 10.6 Å². The molecule has 0 saturated heterocycles. The number of aryl methyl sites for hydroxylation is 3. The molecule has 3 aromatic rings. The number of carbonyl (C=O) groups is 1. The van der Waals surface area contributed by atoms with Gasteiger partial charge < -0.3 is 5.32 Å². The second kappa shape index (κ2) is 8.16. The Morgan fingerprint density at radius 2 is 1.79 bits per heavy atom. The standard InChI is InChI=1S/C21H22N2O3S2/c1-14-6-9-19(16(3)11-14)23-28(25,26)20-12-17(8-7-15(20)2)22-21(24)13-18-5-4-10-27-18/h4-12,23H,13H2,1-3H3,(H,22,24). The number of carbonyl (C=O) groups excluding carboxylic acids is 1. The van der Waals surface area contributed by atoms with Gasteiger partial charge in [-0.3, -0.25) is 9.52 Å². The first-order valence-corrected chi connectivity index (χ1v) is 11.1. The molecule has 0 fully saturated rings. The monoisotopic (exact) mass is 414 g/mol. The maximum absolute atomic E-state index is 12.9. The molecule has 28 heavy (non-hydrogen) atoms. The van der Waals surface area contributed by atoms with Gasteiger partial charge in [0.15, 0.2) is 0 Å². The Balaban J connectivity index is 1.82. The molecule has 0 radical (unpaired) electrons.